The van der Waals surface area contributed by atoms with Crippen molar-refractivity contribution >= 4 is 11.9 Å². The summed E-state index contributed by atoms with van der Waals surface area (Å²) in [5, 5.41) is 8.92. The third-order valence-corrected chi connectivity index (χ3v) is 4.94. The second-order valence-electron chi connectivity index (χ2n) is 6.92. The Balaban J connectivity index is 1.76. The zero-order valence-corrected chi connectivity index (χ0v) is 14.4. The number of allylic oxidation sites excluding steroid dienone is 1. The molecule has 1 aliphatic heterocycles. The first-order valence-electron chi connectivity index (χ1n) is 8.77. The van der Waals surface area contributed by atoms with Gasteiger partial charge in [0.25, 0.3) is 0 Å². The minimum atomic E-state index is -0.405. The molecule has 5 nitrogen and oxygen atoms in total. The third kappa shape index (κ3) is 4.08. The Kier molecular flexibility index (Phi) is 5.18. The predicted molar refractivity (Wildman–Crippen MR) is 92.4 cm³/mol. The van der Waals surface area contributed by atoms with Crippen molar-refractivity contribution in [2.45, 2.75) is 51.2 Å². The summed E-state index contributed by atoms with van der Waals surface area (Å²) in [6.07, 6.45) is 6.75. The van der Waals surface area contributed by atoms with Gasteiger partial charge in [-0.25, -0.2) is 4.79 Å². The molecule has 1 saturated carbocycles. The Morgan fingerprint density at radius 1 is 1.28 bits per heavy atom. The van der Waals surface area contributed by atoms with Crippen molar-refractivity contribution in [3.8, 4) is 6.07 Å². The van der Waals surface area contributed by atoms with Gasteiger partial charge in [-0.3, -0.25) is 9.69 Å². The van der Waals surface area contributed by atoms with Crippen LogP contribution in [0.25, 0.3) is 0 Å². The average Bonchev–Trinajstić information content (AvgIpc) is 2.61. The molecule has 3 rings (SSSR count). The summed E-state index contributed by atoms with van der Waals surface area (Å²) >= 11 is 0. The van der Waals surface area contributed by atoms with E-state index in [4.69, 9.17) is 10.00 Å². The number of carbonyl (C=O) groups excluding carboxylic acids is 2. The van der Waals surface area contributed by atoms with Gasteiger partial charge in [0.1, 0.15) is 6.10 Å². The number of carbonyl (C=O) groups is 2. The lowest BCUT2D eigenvalue weighted by molar-refractivity contribution is -0.116. The smallest absolute Gasteiger partial charge is 0.414 e. The molecule has 25 heavy (non-hydrogen) atoms. The largest absolute Gasteiger partial charge is 0.446 e. The van der Waals surface area contributed by atoms with E-state index >= 15 is 0 Å². The molecule has 0 saturated heterocycles. The molecule has 1 aliphatic carbocycles. The number of nitriles is 1. The van der Waals surface area contributed by atoms with Gasteiger partial charge in [-0.1, -0.05) is 25.5 Å². The molecule has 1 fully saturated rings. The van der Waals surface area contributed by atoms with Crippen LogP contribution in [0.2, 0.25) is 0 Å². The Hall–Kier alpha value is -2.61. The van der Waals surface area contributed by atoms with Crippen molar-refractivity contribution in [3.05, 3.63) is 47.7 Å². The van der Waals surface area contributed by atoms with E-state index < -0.39 is 12.1 Å². The minimum Gasteiger partial charge on any atom is -0.446 e. The van der Waals surface area contributed by atoms with E-state index in [0.717, 1.165) is 24.8 Å². The predicted octanol–water partition coefficient (Wildman–Crippen LogP) is 4.10. The van der Waals surface area contributed by atoms with E-state index in [-0.39, 0.29) is 18.3 Å². The molecule has 1 aromatic carbocycles. The molecule has 1 amide bonds. The number of ketones is 1. The van der Waals surface area contributed by atoms with E-state index in [1.54, 1.807) is 24.3 Å². The zero-order chi connectivity index (χ0) is 17.8. The highest BCUT2D eigenvalue weighted by atomic mass is 16.6. The standard InChI is InChI=1S/C20H22N2O3/c1-14-3-2-4-18(11-14)25-20(24)22-10-9-17(23)12-19(22)16-7-5-15(13-21)6-8-16/h5-10,14,18-19H,2-4,11-12H2,1H3. The number of hydrogen-bond donors (Lipinski definition) is 0. The van der Waals surface area contributed by atoms with E-state index in [1.807, 2.05) is 0 Å². The highest BCUT2D eigenvalue weighted by molar-refractivity contribution is 5.92. The van der Waals surface area contributed by atoms with Crippen LogP contribution in [-0.4, -0.2) is 22.9 Å². The second kappa shape index (κ2) is 7.52. The Labute approximate surface area is 147 Å². The van der Waals surface area contributed by atoms with Crippen LogP contribution in [-0.2, 0) is 9.53 Å². The Bertz CT molecular complexity index is 717. The molecule has 2 aliphatic rings. The van der Waals surface area contributed by atoms with E-state index in [0.29, 0.717) is 11.5 Å². The first-order chi connectivity index (χ1) is 12.1. The summed E-state index contributed by atoms with van der Waals surface area (Å²) in [5.41, 5.74) is 1.37. The fourth-order valence-electron chi connectivity index (χ4n) is 3.56. The Morgan fingerprint density at radius 2 is 2.04 bits per heavy atom. The van der Waals surface area contributed by atoms with Gasteiger partial charge in [-0.2, -0.15) is 5.26 Å². The fourth-order valence-corrected chi connectivity index (χ4v) is 3.56. The van der Waals surface area contributed by atoms with Gasteiger partial charge in [0.15, 0.2) is 5.78 Å². The van der Waals surface area contributed by atoms with Crippen LogP contribution in [0.1, 0.15) is 56.2 Å². The third-order valence-electron chi connectivity index (χ3n) is 4.94. The van der Waals surface area contributed by atoms with Gasteiger partial charge >= 0.3 is 6.09 Å². The van der Waals surface area contributed by atoms with Crippen LogP contribution in [0.15, 0.2) is 36.5 Å². The molecule has 5 heteroatoms. The van der Waals surface area contributed by atoms with Crippen LogP contribution >= 0.6 is 0 Å². The van der Waals surface area contributed by atoms with Gasteiger partial charge in [-0.15, -0.1) is 0 Å². The van der Waals surface area contributed by atoms with Crippen molar-refractivity contribution < 1.29 is 14.3 Å². The van der Waals surface area contributed by atoms with Gasteiger partial charge in [0.05, 0.1) is 17.7 Å². The number of nitrogens with zero attached hydrogens (tertiary/aromatic N) is 2. The maximum absolute atomic E-state index is 12.7. The first-order valence-corrected chi connectivity index (χ1v) is 8.77. The van der Waals surface area contributed by atoms with Crippen molar-refractivity contribution in [1.82, 2.24) is 4.90 Å². The summed E-state index contributed by atoms with van der Waals surface area (Å²) in [6.45, 7) is 2.18. The highest BCUT2D eigenvalue weighted by Gasteiger charge is 2.32. The molecular weight excluding hydrogens is 316 g/mol. The lowest BCUT2D eigenvalue weighted by Gasteiger charge is -2.33. The fraction of sp³-hybridized carbons (Fsp3) is 0.450. The molecule has 0 radical (unpaired) electrons. The molecule has 3 unspecified atom stereocenters. The molecule has 1 heterocycles. The number of rotatable bonds is 2. The number of ether oxygens (including phenoxy) is 1. The summed E-state index contributed by atoms with van der Waals surface area (Å²) in [4.78, 5) is 26.0. The van der Waals surface area contributed by atoms with Crippen LogP contribution in [0, 0.1) is 17.2 Å². The maximum Gasteiger partial charge on any atom is 0.414 e. The van der Waals surface area contributed by atoms with Gasteiger partial charge < -0.3 is 4.74 Å². The lowest BCUT2D eigenvalue weighted by atomic mass is 9.89. The molecular formula is C20H22N2O3. The topological polar surface area (TPSA) is 70.4 Å². The molecule has 0 bridgehead atoms. The lowest BCUT2D eigenvalue weighted by Crippen LogP contribution is -2.37. The molecule has 0 N–H and O–H groups in total. The van der Waals surface area contributed by atoms with Crippen molar-refractivity contribution in [1.29, 1.82) is 5.26 Å². The summed E-state index contributed by atoms with van der Waals surface area (Å²) in [6, 6.07) is 8.66. The van der Waals surface area contributed by atoms with Crippen molar-refractivity contribution in [2.24, 2.45) is 5.92 Å². The molecule has 130 valence electrons. The van der Waals surface area contributed by atoms with Crippen LogP contribution in [0.3, 0.4) is 0 Å². The molecule has 0 aromatic heterocycles. The molecule has 0 spiro atoms. The number of amides is 1. The summed E-state index contributed by atoms with van der Waals surface area (Å²) in [5.74, 6) is 0.545. The Morgan fingerprint density at radius 3 is 2.72 bits per heavy atom. The van der Waals surface area contributed by atoms with Gasteiger partial charge in [0.2, 0.25) is 0 Å². The highest BCUT2D eigenvalue weighted by Crippen LogP contribution is 2.31. The van der Waals surface area contributed by atoms with E-state index in [9.17, 15) is 9.59 Å². The second-order valence-corrected chi connectivity index (χ2v) is 6.92. The monoisotopic (exact) mass is 338 g/mol. The van der Waals surface area contributed by atoms with Crippen molar-refractivity contribution in [2.75, 3.05) is 0 Å². The van der Waals surface area contributed by atoms with E-state index in [2.05, 4.69) is 13.0 Å². The summed E-state index contributed by atoms with van der Waals surface area (Å²) in [7, 11) is 0. The first kappa shape index (κ1) is 17.2. The zero-order valence-electron chi connectivity index (χ0n) is 14.4. The summed E-state index contributed by atoms with van der Waals surface area (Å²) < 4.78 is 5.71. The SMILES string of the molecule is CC1CCCC(OC(=O)N2C=CC(=O)CC2c2ccc(C#N)cc2)C1. The quantitative estimate of drug-likeness (QED) is 0.814. The molecule has 1 aromatic rings. The average molecular weight is 338 g/mol. The van der Waals surface area contributed by atoms with E-state index in [1.165, 1.54) is 23.6 Å². The van der Waals surface area contributed by atoms with Crippen LogP contribution in [0.5, 0.6) is 0 Å². The maximum atomic E-state index is 12.7. The number of benzene rings is 1. The van der Waals surface area contributed by atoms with Crippen LogP contribution in [0.4, 0.5) is 4.79 Å². The van der Waals surface area contributed by atoms with Crippen molar-refractivity contribution in [3.63, 3.8) is 0 Å². The van der Waals surface area contributed by atoms with Gasteiger partial charge in [0, 0.05) is 12.6 Å². The normalized spacial score (nSPS) is 26.2. The van der Waals surface area contributed by atoms with Gasteiger partial charge in [-0.05, 0) is 49.0 Å². The molecule has 3 atom stereocenters. The van der Waals surface area contributed by atoms with Crippen LogP contribution < -0.4 is 0 Å². The minimum absolute atomic E-state index is 0.0234. The number of hydrogen-bond acceptors (Lipinski definition) is 4.